The number of carbonyl (C=O) groups excluding carboxylic acids is 1. The fraction of sp³-hybridized carbons (Fsp3) is 0.294. The van der Waals surface area contributed by atoms with Crippen molar-refractivity contribution < 1.29 is 4.79 Å². The third-order valence-corrected chi connectivity index (χ3v) is 4.98. The second-order valence-corrected chi connectivity index (χ2v) is 6.74. The molecule has 3 aromatic rings. The summed E-state index contributed by atoms with van der Waals surface area (Å²) >= 11 is 1.56. The number of aromatic nitrogens is 4. The van der Waals surface area contributed by atoms with Gasteiger partial charge in [0.1, 0.15) is 5.82 Å². The Bertz CT molecular complexity index is 815. The minimum atomic E-state index is 0.133. The third-order valence-electron chi connectivity index (χ3n) is 4.29. The van der Waals surface area contributed by atoms with Crippen molar-refractivity contribution in [1.82, 2.24) is 25.1 Å². The minimum Gasteiger partial charge on any atom is -0.338 e. The maximum absolute atomic E-state index is 12.4. The van der Waals surface area contributed by atoms with Gasteiger partial charge >= 0.3 is 0 Å². The van der Waals surface area contributed by atoms with Gasteiger partial charge in [0.05, 0.1) is 5.56 Å². The normalized spacial score (nSPS) is 17.3. The molecule has 24 heavy (non-hydrogen) atoms. The number of hydrogen-bond donors (Lipinski definition) is 1. The van der Waals surface area contributed by atoms with E-state index in [0.717, 1.165) is 42.9 Å². The molecule has 0 bridgehead atoms. The Morgan fingerprint density at radius 2 is 2.21 bits per heavy atom. The number of hydrogen-bond acceptors (Lipinski definition) is 5. The Hall–Kier alpha value is -2.54. The number of H-pyrrole nitrogens is 1. The lowest BCUT2D eigenvalue weighted by Crippen LogP contribution is -2.28. The molecule has 122 valence electrons. The fourth-order valence-electron chi connectivity index (χ4n) is 3.04. The summed E-state index contributed by atoms with van der Waals surface area (Å²) < 4.78 is 0. The Balaban J connectivity index is 1.39. The first-order valence-corrected chi connectivity index (χ1v) is 8.87. The number of pyridine rings is 1. The number of aromatic amines is 1. The standard InChI is InChI=1S/C17H17N5OS/c23-17(14-4-8-24-11-14)22-7-3-12(10-22)9-15-19-16(21-20-15)13-1-5-18-6-2-13/h1-2,4-6,8,11-12H,3,7,9-10H2,(H,19,20,21). The van der Waals surface area contributed by atoms with Crippen molar-refractivity contribution in [3.05, 3.63) is 52.7 Å². The van der Waals surface area contributed by atoms with Crippen LogP contribution in [0.4, 0.5) is 0 Å². The van der Waals surface area contributed by atoms with Gasteiger partial charge in [-0.3, -0.25) is 14.9 Å². The molecule has 1 aliphatic rings. The zero-order valence-corrected chi connectivity index (χ0v) is 13.9. The van der Waals surface area contributed by atoms with Crippen LogP contribution in [0.15, 0.2) is 41.4 Å². The van der Waals surface area contributed by atoms with E-state index in [1.54, 1.807) is 23.7 Å². The van der Waals surface area contributed by atoms with Crippen LogP contribution in [0.3, 0.4) is 0 Å². The molecule has 1 unspecified atom stereocenters. The molecule has 1 N–H and O–H groups in total. The first-order valence-electron chi connectivity index (χ1n) is 7.93. The van der Waals surface area contributed by atoms with Gasteiger partial charge in [-0.15, -0.1) is 0 Å². The molecule has 0 spiro atoms. The monoisotopic (exact) mass is 339 g/mol. The van der Waals surface area contributed by atoms with Crippen molar-refractivity contribution in [2.45, 2.75) is 12.8 Å². The molecule has 3 aromatic heterocycles. The minimum absolute atomic E-state index is 0.133. The number of nitrogens with zero attached hydrogens (tertiary/aromatic N) is 4. The summed E-state index contributed by atoms with van der Waals surface area (Å²) in [5, 5.41) is 11.1. The van der Waals surface area contributed by atoms with E-state index in [2.05, 4.69) is 20.2 Å². The van der Waals surface area contributed by atoms with Crippen LogP contribution >= 0.6 is 11.3 Å². The van der Waals surface area contributed by atoms with E-state index in [1.165, 1.54) is 0 Å². The molecule has 1 fully saturated rings. The molecule has 0 saturated carbocycles. The van der Waals surface area contributed by atoms with Gasteiger partial charge in [-0.1, -0.05) is 0 Å². The van der Waals surface area contributed by atoms with Crippen LogP contribution in [0, 0.1) is 5.92 Å². The molecule has 7 heteroatoms. The predicted molar refractivity (Wildman–Crippen MR) is 91.6 cm³/mol. The molecule has 1 aliphatic heterocycles. The van der Waals surface area contributed by atoms with E-state index in [1.807, 2.05) is 33.9 Å². The Kier molecular flexibility index (Phi) is 4.08. The van der Waals surface area contributed by atoms with E-state index in [4.69, 9.17) is 0 Å². The Morgan fingerprint density at radius 1 is 1.33 bits per heavy atom. The van der Waals surface area contributed by atoms with Crippen molar-refractivity contribution in [2.24, 2.45) is 5.92 Å². The van der Waals surface area contributed by atoms with E-state index in [9.17, 15) is 4.79 Å². The summed E-state index contributed by atoms with van der Waals surface area (Å²) in [6, 6.07) is 5.67. The van der Waals surface area contributed by atoms with Gasteiger partial charge in [0.25, 0.3) is 5.91 Å². The number of likely N-dealkylation sites (tertiary alicyclic amines) is 1. The van der Waals surface area contributed by atoms with Crippen LogP contribution in [0.2, 0.25) is 0 Å². The lowest BCUT2D eigenvalue weighted by Gasteiger charge is -2.15. The second kappa shape index (κ2) is 6.52. The van der Waals surface area contributed by atoms with Crippen LogP contribution in [0.5, 0.6) is 0 Å². The number of thiophene rings is 1. The van der Waals surface area contributed by atoms with E-state index >= 15 is 0 Å². The van der Waals surface area contributed by atoms with Gasteiger partial charge < -0.3 is 4.90 Å². The van der Waals surface area contributed by atoms with Gasteiger partial charge in [0.15, 0.2) is 5.82 Å². The molecule has 4 heterocycles. The smallest absolute Gasteiger partial charge is 0.254 e. The van der Waals surface area contributed by atoms with E-state index in [0.29, 0.717) is 11.7 Å². The number of amides is 1. The molecule has 4 rings (SSSR count). The summed E-state index contributed by atoms with van der Waals surface area (Å²) in [6.07, 6.45) is 5.28. The van der Waals surface area contributed by atoms with Crippen LogP contribution in [0.25, 0.3) is 11.4 Å². The fourth-order valence-corrected chi connectivity index (χ4v) is 3.67. The number of carbonyl (C=O) groups is 1. The highest BCUT2D eigenvalue weighted by Gasteiger charge is 2.28. The molecule has 1 amide bonds. The molecule has 0 aliphatic carbocycles. The van der Waals surface area contributed by atoms with E-state index in [-0.39, 0.29) is 5.91 Å². The zero-order chi connectivity index (χ0) is 16.4. The molecule has 1 saturated heterocycles. The van der Waals surface area contributed by atoms with Crippen LogP contribution in [-0.2, 0) is 6.42 Å². The van der Waals surface area contributed by atoms with Crippen LogP contribution < -0.4 is 0 Å². The Morgan fingerprint density at radius 3 is 3.00 bits per heavy atom. The molecular weight excluding hydrogens is 322 g/mol. The maximum atomic E-state index is 12.4. The van der Waals surface area contributed by atoms with E-state index < -0.39 is 0 Å². The summed E-state index contributed by atoms with van der Waals surface area (Å²) in [6.45, 7) is 1.59. The second-order valence-electron chi connectivity index (χ2n) is 5.96. The number of nitrogens with one attached hydrogen (secondary N) is 1. The topological polar surface area (TPSA) is 74.8 Å². The van der Waals surface area contributed by atoms with Crippen LogP contribution in [-0.4, -0.2) is 44.1 Å². The molecular formula is C17H17N5OS. The highest BCUT2D eigenvalue weighted by molar-refractivity contribution is 7.08. The molecule has 1 atom stereocenters. The third kappa shape index (κ3) is 3.07. The maximum Gasteiger partial charge on any atom is 0.254 e. The SMILES string of the molecule is O=C(c1ccsc1)N1CCC(Cc2nc(-c3ccncc3)n[nH]2)C1. The lowest BCUT2D eigenvalue weighted by atomic mass is 10.1. The first-order chi connectivity index (χ1) is 11.8. The molecule has 0 radical (unpaired) electrons. The molecule has 0 aromatic carbocycles. The van der Waals surface area contributed by atoms with Gasteiger partial charge in [-0.05, 0) is 35.9 Å². The van der Waals surface area contributed by atoms with Gasteiger partial charge in [0.2, 0.25) is 0 Å². The van der Waals surface area contributed by atoms with Gasteiger partial charge in [-0.25, -0.2) is 4.98 Å². The number of rotatable bonds is 4. The van der Waals surface area contributed by atoms with Gasteiger partial charge in [0, 0.05) is 42.8 Å². The van der Waals surface area contributed by atoms with Crippen molar-refractivity contribution in [3.63, 3.8) is 0 Å². The van der Waals surface area contributed by atoms with Crippen molar-refractivity contribution in [1.29, 1.82) is 0 Å². The summed E-state index contributed by atoms with van der Waals surface area (Å²) in [5.41, 5.74) is 1.74. The average molecular weight is 339 g/mol. The Labute approximate surface area is 143 Å². The highest BCUT2D eigenvalue weighted by atomic mass is 32.1. The summed E-state index contributed by atoms with van der Waals surface area (Å²) in [5.74, 6) is 2.12. The largest absolute Gasteiger partial charge is 0.338 e. The highest BCUT2D eigenvalue weighted by Crippen LogP contribution is 2.23. The van der Waals surface area contributed by atoms with Gasteiger partial charge in [-0.2, -0.15) is 16.4 Å². The lowest BCUT2D eigenvalue weighted by molar-refractivity contribution is 0.0787. The van der Waals surface area contributed by atoms with Crippen molar-refractivity contribution in [3.8, 4) is 11.4 Å². The zero-order valence-electron chi connectivity index (χ0n) is 13.1. The predicted octanol–water partition coefficient (Wildman–Crippen LogP) is 2.63. The van der Waals surface area contributed by atoms with Crippen LogP contribution in [0.1, 0.15) is 22.6 Å². The molecule has 6 nitrogen and oxygen atoms in total. The van der Waals surface area contributed by atoms with Crippen molar-refractivity contribution in [2.75, 3.05) is 13.1 Å². The van der Waals surface area contributed by atoms with Crippen molar-refractivity contribution >= 4 is 17.2 Å². The first kappa shape index (κ1) is 15.0. The summed E-state index contributed by atoms with van der Waals surface area (Å²) in [7, 11) is 0. The summed E-state index contributed by atoms with van der Waals surface area (Å²) in [4.78, 5) is 22.9. The quantitative estimate of drug-likeness (QED) is 0.793. The average Bonchev–Trinajstić information content (AvgIpc) is 3.37.